The van der Waals surface area contributed by atoms with Crippen LogP contribution in [0, 0.1) is 5.92 Å². The molecule has 3 nitrogen and oxygen atoms in total. The van der Waals surface area contributed by atoms with Gasteiger partial charge in [0.25, 0.3) is 0 Å². The molecule has 0 amide bonds. The Hall–Kier alpha value is -1.22. The zero-order chi connectivity index (χ0) is 10.5. The Balaban J connectivity index is 1.93. The van der Waals surface area contributed by atoms with Crippen LogP contribution in [0.3, 0.4) is 0 Å². The van der Waals surface area contributed by atoms with Crippen molar-refractivity contribution in [3.63, 3.8) is 0 Å². The largest absolute Gasteiger partial charge is 0.306 e. The summed E-state index contributed by atoms with van der Waals surface area (Å²) in [5, 5.41) is 0. The number of hydrogen-bond acceptors (Lipinski definition) is 3. The molecule has 0 aliphatic carbocycles. The molecular formula is C12H17N3. The van der Waals surface area contributed by atoms with E-state index in [-0.39, 0.29) is 0 Å². The molecule has 1 aromatic rings. The van der Waals surface area contributed by atoms with Gasteiger partial charge < -0.3 is 4.90 Å². The molecule has 1 aliphatic heterocycles. The second kappa shape index (κ2) is 5.03. The molecule has 3 heteroatoms. The monoisotopic (exact) mass is 203 g/mol. The first-order valence-electron chi connectivity index (χ1n) is 5.46. The number of likely N-dealkylation sites (tertiary alicyclic amines) is 1. The Bertz CT molecular complexity index is 321. The van der Waals surface area contributed by atoms with Gasteiger partial charge in [0.05, 0.1) is 0 Å². The topological polar surface area (TPSA) is 29.0 Å². The summed E-state index contributed by atoms with van der Waals surface area (Å²) >= 11 is 0. The molecule has 2 heterocycles. The van der Waals surface area contributed by atoms with Gasteiger partial charge in [-0.05, 0) is 32.4 Å². The van der Waals surface area contributed by atoms with E-state index in [1.807, 2.05) is 12.4 Å². The van der Waals surface area contributed by atoms with Gasteiger partial charge in [0.15, 0.2) is 0 Å². The third kappa shape index (κ3) is 3.13. The minimum Gasteiger partial charge on any atom is -0.306 e. The number of hydrogen-bond donors (Lipinski definition) is 0. The zero-order valence-corrected chi connectivity index (χ0v) is 9.13. The van der Waals surface area contributed by atoms with Gasteiger partial charge in [-0.25, -0.2) is 9.97 Å². The highest BCUT2D eigenvalue weighted by molar-refractivity contribution is 5.46. The van der Waals surface area contributed by atoms with Gasteiger partial charge in [-0.2, -0.15) is 0 Å². The summed E-state index contributed by atoms with van der Waals surface area (Å²) in [6.07, 6.45) is 12.3. The minimum absolute atomic E-state index is 0.684. The number of piperidine rings is 1. The van der Waals surface area contributed by atoms with Gasteiger partial charge in [-0.15, -0.1) is 0 Å². The van der Waals surface area contributed by atoms with Crippen LogP contribution in [0.5, 0.6) is 0 Å². The van der Waals surface area contributed by atoms with Crippen molar-refractivity contribution in [2.45, 2.75) is 12.8 Å². The quantitative estimate of drug-likeness (QED) is 0.734. The van der Waals surface area contributed by atoms with Crippen molar-refractivity contribution in [1.29, 1.82) is 0 Å². The van der Waals surface area contributed by atoms with E-state index in [9.17, 15) is 0 Å². The van der Waals surface area contributed by atoms with Crippen LogP contribution in [0.4, 0.5) is 0 Å². The van der Waals surface area contributed by atoms with Crippen LogP contribution in [0.1, 0.15) is 18.4 Å². The molecular weight excluding hydrogens is 186 g/mol. The first-order valence-corrected chi connectivity index (χ1v) is 5.46. The summed E-state index contributed by atoms with van der Waals surface area (Å²) in [5.41, 5.74) is 1.09. The lowest BCUT2D eigenvalue weighted by molar-refractivity contribution is 0.238. The van der Waals surface area contributed by atoms with E-state index in [1.54, 1.807) is 6.33 Å². The van der Waals surface area contributed by atoms with Gasteiger partial charge in [-0.1, -0.05) is 12.2 Å². The van der Waals surface area contributed by atoms with Crippen molar-refractivity contribution < 1.29 is 0 Å². The van der Waals surface area contributed by atoms with Crippen LogP contribution in [0.2, 0.25) is 0 Å². The Morgan fingerprint density at radius 2 is 2.20 bits per heavy atom. The maximum atomic E-state index is 3.99. The summed E-state index contributed by atoms with van der Waals surface area (Å²) in [6, 6.07) is 0. The maximum Gasteiger partial charge on any atom is 0.115 e. The predicted molar refractivity (Wildman–Crippen MR) is 61.3 cm³/mol. The van der Waals surface area contributed by atoms with E-state index >= 15 is 0 Å². The third-order valence-corrected chi connectivity index (χ3v) is 2.80. The van der Waals surface area contributed by atoms with Crippen molar-refractivity contribution in [2.24, 2.45) is 5.92 Å². The minimum atomic E-state index is 0.684. The number of aromatic nitrogens is 2. The van der Waals surface area contributed by atoms with Crippen LogP contribution in [0.15, 0.2) is 24.8 Å². The molecule has 2 rings (SSSR count). The van der Waals surface area contributed by atoms with Crippen LogP contribution in [0.25, 0.3) is 6.08 Å². The summed E-state index contributed by atoms with van der Waals surface area (Å²) in [5.74, 6) is 0.684. The average molecular weight is 203 g/mol. The lowest BCUT2D eigenvalue weighted by atomic mass is 9.97. The molecule has 0 spiro atoms. The first kappa shape index (κ1) is 10.3. The molecule has 1 unspecified atom stereocenters. The fourth-order valence-corrected chi connectivity index (χ4v) is 2.01. The Labute approximate surface area is 90.9 Å². The molecule has 1 fully saturated rings. The maximum absolute atomic E-state index is 3.99. The van der Waals surface area contributed by atoms with Gasteiger partial charge in [0.2, 0.25) is 0 Å². The Kier molecular flexibility index (Phi) is 3.45. The highest BCUT2D eigenvalue weighted by Gasteiger charge is 2.13. The number of rotatable bonds is 2. The highest BCUT2D eigenvalue weighted by Crippen LogP contribution is 2.17. The summed E-state index contributed by atoms with van der Waals surface area (Å²) < 4.78 is 0. The van der Waals surface area contributed by atoms with Crippen molar-refractivity contribution in [1.82, 2.24) is 14.9 Å². The van der Waals surface area contributed by atoms with Crippen LogP contribution >= 0.6 is 0 Å². The Morgan fingerprint density at radius 3 is 2.93 bits per heavy atom. The fraction of sp³-hybridized carbons (Fsp3) is 0.500. The molecule has 0 aromatic carbocycles. The lowest BCUT2D eigenvalue weighted by Gasteiger charge is -2.27. The fourth-order valence-electron chi connectivity index (χ4n) is 2.01. The van der Waals surface area contributed by atoms with E-state index < -0.39 is 0 Å². The summed E-state index contributed by atoms with van der Waals surface area (Å²) in [4.78, 5) is 10.4. The molecule has 0 saturated carbocycles. The molecule has 0 bridgehead atoms. The smallest absolute Gasteiger partial charge is 0.115 e. The van der Waals surface area contributed by atoms with E-state index in [2.05, 4.69) is 34.1 Å². The molecule has 0 N–H and O–H groups in total. The molecule has 1 aromatic heterocycles. The van der Waals surface area contributed by atoms with E-state index in [0.29, 0.717) is 5.92 Å². The highest BCUT2D eigenvalue weighted by atomic mass is 15.1. The van der Waals surface area contributed by atoms with Crippen molar-refractivity contribution in [2.75, 3.05) is 20.1 Å². The number of nitrogens with zero attached hydrogens (tertiary/aromatic N) is 3. The van der Waals surface area contributed by atoms with Crippen molar-refractivity contribution in [3.8, 4) is 0 Å². The molecule has 1 atom stereocenters. The molecule has 1 saturated heterocycles. The van der Waals surface area contributed by atoms with Crippen LogP contribution in [-0.2, 0) is 0 Å². The first-order chi connectivity index (χ1) is 7.34. The van der Waals surface area contributed by atoms with Gasteiger partial charge >= 0.3 is 0 Å². The SMILES string of the molecule is CN1CCCC(/C=C/c2cncnc2)C1. The van der Waals surface area contributed by atoms with Gasteiger partial charge in [0.1, 0.15) is 6.33 Å². The molecule has 15 heavy (non-hydrogen) atoms. The molecule has 1 aliphatic rings. The van der Waals surface area contributed by atoms with Gasteiger partial charge in [-0.3, -0.25) is 0 Å². The summed E-state index contributed by atoms with van der Waals surface area (Å²) in [7, 11) is 2.19. The van der Waals surface area contributed by atoms with Crippen molar-refractivity contribution >= 4 is 6.08 Å². The third-order valence-electron chi connectivity index (χ3n) is 2.80. The van der Waals surface area contributed by atoms with Crippen LogP contribution < -0.4 is 0 Å². The van der Waals surface area contributed by atoms with E-state index in [1.165, 1.54) is 25.9 Å². The van der Waals surface area contributed by atoms with E-state index in [0.717, 1.165) is 5.56 Å². The molecule has 0 radical (unpaired) electrons. The lowest BCUT2D eigenvalue weighted by Crippen LogP contribution is -2.30. The second-order valence-electron chi connectivity index (χ2n) is 4.20. The normalized spacial score (nSPS) is 23.4. The Morgan fingerprint density at radius 1 is 1.40 bits per heavy atom. The summed E-state index contributed by atoms with van der Waals surface area (Å²) in [6.45, 7) is 2.41. The second-order valence-corrected chi connectivity index (χ2v) is 4.20. The van der Waals surface area contributed by atoms with Gasteiger partial charge in [0, 0.05) is 24.5 Å². The molecule has 80 valence electrons. The predicted octanol–water partition coefficient (Wildman–Crippen LogP) is 1.83. The van der Waals surface area contributed by atoms with E-state index in [4.69, 9.17) is 0 Å². The zero-order valence-electron chi connectivity index (χ0n) is 9.13. The standard InChI is InChI=1S/C12H17N3/c1-15-6-2-3-11(9-15)4-5-12-7-13-10-14-8-12/h4-5,7-8,10-11H,2-3,6,9H2,1H3/b5-4+. The van der Waals surface area contributed by atoms with Crippen LogP contribution in [-0.4, -0.2) is 35.0 Å². The van der Waals surface area contributed by atoms with Crippen molar-refractivity contribution in [3.05, 3.63) is 30.4 Å². The average Bonchev–Trinajstić information content (AvgIpc) is 2.28.